The molecule has 1 saturated heterocycles. The molecule has 10 nitrogen and oxygen atoms in total. The van der Waals surface area contributed by atoms with Crippen molar-refractivity contribution >= 4 is 51.2 Å². The zero-order valence-corrected chi connectivity index (χ0v) is 15.3. The summed E-state index contributed by atoms with van der Waals surface area (Å²) in [6.07, 6.45) is 1.41. The summed E-state index contributed by atoms with van der Waals surface area (Å²) in [4.78, 5) is 37.3. The van der Waals surface area contributed by atoms with Crippen LogP contribution in [0.2, 0.25) is 0 Å². The molecule has 2 aliphatic heterocycles. The fourth-order valence-corrected chi connectivity index (χ4v) is 5.19. The van der Waals surface area contributed by atoms with Gasteiger partial charge in [-0.3, -0.25) is 19.0 Å². The monoisotopic (exact) mass is 419 g/mol. The van der Waals surface area contributed by atoms with Gasteiger partial charge in [0.05, 0.1) is 0 Å². The number of thiophene rings is 1. The van der Waals surface area contributed by atoms with Crippen LogP contribution in [0.3, 0.4) is 0 Å². The summed E-state index contributed by atoms with van der Waals surface area (Å²) in [5.74, 6) is -2.30. The lowest BCUT2D eigenvalue weighted by Gasteiger charge is -2.48. The number of rotatable bonds is 6. The van der Waals surface area contributed by atoms with Gasteiger partial charge < -0.3 is 10.4 Å². The van der Waals surface area contributed by atoms with Crippen LogP contribution in [0.1, 0.15) is 10.9 Å². The number of carbonyl (C=O) groups excluding carboxylic acids is 2. The molecule has 3 atom stereocenters. The first-order valence-electron chi connectivity index (χ1n) is 7.15. The summed E-state index contributed by atoms with van der Waals surface area (Å²) in [6.45, 7) is 0. The van der Waals surface area contributed by atoms with E-state index in [-0.39, 0.29) is 5.70 Å². The van der Waals surface area contributed by atoms with E-state index in [4.69, 9.17) is 9.66 Å². The largest absolute Gasteiger partial charge is 0.477 e. The minimum absolute atomic E-state index is 0.143. The Morgan fingerprint density at radius 2 is 2.12 bits per heavy atom. The third-order valence-corrected chi connectivity index (χ3v) is 6.37. The summed E-state index contributed by atoms with van der Waals surface area (Å²) in [5.41, 5.74) is -0.143. The Bertz CT molecular complexity index is 881. The van der Waals surface area contributed by atoms with Gasteiger partial charge in [-0.1, -0.05) is 6.07 Å². The molecule has 0 radical (unpaired) electrons. The molecule has 13 heteroatoms. The number of carbonyl (C=O) groups is 3. The molecule has 3 heterocycles. The Morgan fingerprint density at radius 3 is 2.69 bits per heavy atom. The van der Waals surface area contributed by atoms with Crippen LogP contribution in [0, 0.1) is 0 Å². The molecule has 1 fully saturated rings. The van der Waals surface area contributed by atoms with E-state index in [2.05, 4.69) is 5.32 Å². The highest BCUT2D eigenvalue weighted by Crippen LogP contribution is 2.37. The van der Waals surface area contributed by atoms with Gasteiger partial charge in [0.25, 0.3) is 5.91 Å². The van der Waals surface area contributed by atoms with E-state index in [1.807, 2.05) is 4.72 Å². The zero-order chi connectivity index (χ0) is 19.1. The van der Waals surface area contributed by atoms with Crippen molar-refractivity contribution in [1.82, 2.24) is 14.9 Å². The Hall–Kier alpha value is -1.93. The fourth-order valence-electron chi connectivity index (χ4n) is 2.62. The lowest BCUT2D eigenvalue weighted by Crippen LogP contribution is -2.70. The average molecular weight is 419 g/mol. The van der Waals surface area contributed by atoms with Gasteiger partial charge in [0, 0.05) is 10.6 Å². The minimum Gasteiger partial charge on any atom is -0.477 e. The first-order chi connectivity index (χ1) is 12.2. The van der Waals surface area contributed by atoms with E-state index < -0.39 is 45.5 Å². The Morgan fingerprint density at radius 1 is 1.38 bits per heavy atom. The highest BCUT2D eigenvalue weighted by molar-refractivity contribution is 8.00. The second kappa shape index (κ2) is 7.00. The predicted molar refractivity (Wildman–Crippen MR) is 92.5 cm³/mol. The quantitative estimate of drug-likeness (QED) is 0.357. The molecule has 0 saturated carbocycles. The van der Waals surface area contributed by atoms with Gasteiger partial charge in [-0.2, -0.15) is 13.1 Å². The fraction of sp³-hybridized carbons (Fsp3) is 0.308. The summed E-state index contributed by atoms with van der Waals surface area (Å²) in [7, 11) is -4.67. The Labute approximate surface area is 156 Å². The van der Waals surface area contributed by atoms with Gasteiger partial charge in [-0.05, 0) is 17.5 Å². The molecule has 0 bridgehead atoms. The van der Waals surface area contributed by atoms with Crippen LogP contribution in [0.4, 0.5) is 0 Å². The van der Waals surface area contributed by atoms with Gasteiger partial charge in [-0.25, -0.2) is 4.79 Å². The molecule has 0 aliphatic carbocycles. The number of nitrogens with one attached hydrogen (secondary N) is 2. The summed E-state index contributed by atoms with van der Waals surface area (Å²) < 4.78 is 33.1. The number of carboxylic acids is 1. The lowest BCUT2D eigenvalue weighted by molar-refractivity contribution is -0.150. The molecule has 0 aromatic carbocycles. The van der Waals surface area contributed by atoms with Crippen molar-refractivity contribution < 1.29 is 32.5 Å². The Kier molecular flexibility index (Phi) is 5.07. The number of hydrogen-bond donors (Lipinski definition) is 4. The topological polar surface area (TPSA) is 153 Å². The SMILES string of the molecule is O=C(O)C1=CCS[C@@H]2[C@H](NC(=O)C(NS(=O)(=O)O)c3cccs3)C(=O)N12. The smallest absolute Gasteiger partial charge is 0.352 e. The third-order valence-electron chi connectivity index (χ3n) is 3.72. The molecule has 1 aromatic rings. The van der Waals surface area contributed by atoms with Crippen LogP contribution in [0.15, 0.2) is 29.3 Å². The number of β-lactam (4-membered cyclic amide) rings is 1. The maximum absolute atomic E-state index is 12.5. The van der Waals surface area contributed by atoms with Crippen LogP contribution in [0.25, 0.3) is 0 Å². The van der Waals surface area contributed by atoms with Crippen molar-refractivity contribution in [3.05, 3.63) is 34.2 Å². The highest BCUT2D eigenvalue weighted by atomic mass is 32.2. The molecule has 3 rings (SSSR count). The molecule has 26 heavy (non-hydrogen) atoms. The van der Waals surface area contributed by atoms with Crippen molar-refractivity contribution in [3.8, 4) is 0 Å². The van der Waals surface area contributed by atoms with E-state index in [1.54, 1.807) is 11.4 Å². The van der Waals surface area contributed by atoms with Crippen molar-refractivity contribution in [2.24, 2.45) is 0 Å². The third kappa shape index (κ3) is 3.61. The van der Waals surface area contributed by atoms with E-state index in [0.717, 1.165) is 16.2 Å². The molecule has 4 N–H and O–H groups in total. The van der Waals surface area contributed by atoms with Crippen LogP contribution in [-0.4, -0.2) is 57.9 Å². The lowest BCUT2D eigenvalue weighted by atomic mass is 10.0. The number of amides is 2. The van der Waals surface area contributed by atoms with Gasteiger partial charge >= 0.3 is 16.3 Å². The van der Waals surface area contributed by atoms with Crippen LogP contribution in [-0.2, 0) is 24.7 Å². The molecular formula is C13H13N3O7S3. The van der Waals surface area contributed by atoms with Gasteiger partial charge in [0.15, 0.2) is 0 Å². The molecule has 1 aromatic heterocycles. The number of carboxylic acid groups (broad SMARTS) is 1. The molecular weight excluding hydrogens is 406 g/mol. The Balaban J connectivity index is 1.76. The average Bonchev–Trinajstić information content (AvgIpc) is 3.09. The zero-order valence-electron chi connectivity index (χ0n) is 12.9. The van der Waals surface area contributed by atoms with E-state index in [0.29, 0.717) is 10.6 Å². The van der Waals surface area contributed by atoms with E-state index >= 15 is 0 Å². The summed E-state index contributed by atoms with van der Waals surface area (Å²) >= 11 is 2.37. The van der Waals surface area contributed by atoms with Gasteiger partial charge in [-0.15, -0.1) is 23.1 Å². The molecule has 1 unspecified atom stereocenters. The maximum atomic E-state index is 12.5. The number of nitrogens with zero attached hydrogens (tertiary/aromatic N) is 1. The van der Waals surface area contributed by atoms with Crippen LogP contribution in [0.5, 0.6) is 0 Å². The van der Waals surface area contributed by atoms with Crippen molar-refractivity contribution in [2.75, 3.05) is 5.75 Å². The first-order valence-corrected chi connectivity index (χ1v) is 10.5. The standard InChI is InChI=1S/C13H13N3O7S3/c17-10(8(15-26(21,22)23)7-2-1-4-24-7)14-9-11(18)16-6(13(19)20)3-5-25-12(9)16/h1-4,8-9,12,15H,5H2,(H,14,17)(H,19,20)(H,21,22,23)/t8?,9-,12-/m1/s1. The van der Waals surface area contributed by atoms with Crippen molar-refractivity contribution in [2.45, 2.75) is 17.5 Å². The van der Waals surface area contributed by atoms with Crippen LogP contribution >= 0.6 is 23.1 Å². The predicted octanol–water partition coefficient (Wildman–Crippen LogP) is -0.450. The normalized spacial score (nSPS) is 23.5. The molecule has 2 amide bonds. The first kappa shape index (κ1) is 18.8. The maximum Gasteiger partial charge on any atom is 0.352 e. The second-order valence-corrected chi connectivity index (χ2v) is 8.67. The number of hydrogen-bond acceptors (Lipinski definition) is 7. The van der Waals surface area contributed by atoms with Gasteiger partial charge in [0.2, 0.25) is 5.91 Å². The minimum atomic E-state index is -4.67. The second-order valence-electron chi connectivity index (χ2n) is 5.35. The van der Waals surface area contributed by atoms with Crippen molar-refractivity contribution in [3.63, 3.8) is 0 Å². The van der Waals surface area contributed by atoms with Gasteiger partial charge in [0.1, 0.15) is 23.2 Å². The van der Waals surface area contributed by atoms with E-state index in [9.17, 15) is 22.8 Å². The summed E-state index contributed by atoms with van der Waals surface area (Å²) in [6, 6.07) is 0.710. The highest BCUT2D eigenvalue weighted by Gasteiger charge is 2.53. The van der Waals surface area contributed by atoms with Crippen LogP contribution < -0.4 is 10.0 Å². The van der Waals surface area contributed by atoms with E-state index in [1.165, 1.54) is 23.9 Å². The molecule has 140 valence electrons. The molecule has 2 aliphatic rings. The van der Waals surface area contributed by atoms with Crippen molar-refractivity contribution in [1.29, 1.82) is 0 Å². The molecule has 0 spiro atoms. The number of aliphatic carboxylic acids is 1. The number of thioether (sulfide) groups is 1. The number of fused-ring (bicyclic) bond motifs is 1. The summed E-state index contributed by atoms with van der Waals surface area (Å²) in [5, 5.41) is 12.6.